The predicted molar refractivity (Wildman–Crippen MR) is 90.6 cm³/mol. The van der Waals surface area contributed by atoms with Crippen LogP contribution in [0.5, 0.6) is 0 Å². The first-order chi connectivity index (χ1) is 10.0. The van der Waals surface area contributed by atoms with Gasteiger partial charge >= 0.3 is 0 Å². The van der Waals surface area contributed by atoms with Crippen LogP contribution in [0.4, 0.5) is 0 Å². The lowest BCUT2D eigenvalue weighted by Gasteiger charge is -2.18. The van der Waals surface area contributed by atoms with E-state index in [9.17, 15) is 9.59 Å². The van der Waals surface area contributed by atoms with E-state index in [0.29, 0.717) is 24.7 Å². The molecule has 2 fully saturated rings. The van der Waals surface area contributed by atoms with Crippen molar-refractivity contribution in [2.45, 2.75) is 38.6 Å². The Labute approximate surface area is 141 Å². The van der Waals surface area contributed by atoms with E-state index in [1.54, 1.807) is 0 Å². The number of Topliss-reactive ketones (excluding diaryl/α,β-unsaturated/α-hetero) is 1. The molecule has 2 aliphatic rings. The summed E-state index contributed by atoms with van der Waals surface area (Å²) in [4.78, 5) is 28.1. The molecule has 1 saturated heterocycles. The highest BCUT2D eigenvalue weighted by molar-refractivity contribution is 7.14. The Balaban J connectivity index is 0.00000176. The fourth-order valence-electron chi connectivity index (χ4n) is 3.60. The molecule has 0 spiro atoms. The Morgan fingerprint density at radius 2 is 2.05 bits per heavy atom. The normalized spacial score (nSPS) is 26.6. The third-order valence-electron chi connectivity index (χ3n) is 4.85. The second-order valence-corrected chi connectivity index (χ2v) is 7.59. The molecule has 1 saturated carbocycles. The van der Waals surface area contributed by atoms with Crippen LogP contribution >= 0.6 is 23.7 Å². The molecule has 22 heavy (non-hydrogen) atoms. The standard InChI is InChI=1S/C16H22N2O2S.ClH/c1-10-2-6-15(21-10)14(19)5-7-16(20)18-8-11-3-4-13(17)12(11)9-18;/h2,6,11-13H,3-5,7-9,17H2,1H3;1H. The number of carbonyl (C=O) groups excluding carboxylic acids is 2. The number of fused-ring (bicyclic) bond motifs is 1. The summed E-state index contributed by atoms with van der Waals surface area (Å²) in [5, 5.41) is 0. The van der Waals surface area contributed by atoms with Crippen LogP contribution in [0.2, 0.25) is 0 Å². The summed E-state index contributed by atoms with van der Waals surface area (Å²) in [7, 11) is 0. The van der Waals surface area contributed by atoms with Crippen LogP contribution in [0.1, 0.15) is 40.2 Å². The Bertz CT molecular complexity index is 560. The highest BCUT2D eigenvalue weighted by atomic mass is 35.5. The van der Waals surface area contributed by atoms with Gasteiger partial charge in [-0.2, -0.15) is 0 Å². The van der Waals surface area contributed by atoms with Crippen LogP contribution < -0.4 is 5.73 Å². The highest BCUT2D eigenvalue weighted by Crippen LogP contribution is 2.37. The number of nitrogens with two attached hydrogens (primary N) is 1. The molecule has 1 aromatic rings. The lowest BCUT2D eigenvalue weighted by molar-refractivity contribution is -0.130. The maximum atomic E-state index is 12.3. The van der Waals surface area contributed by atoms with Crippen molar-refractivity contribution in [3.05, 3.63) is 21.9 Å². The van der Waals surface area contributed by atoms with Gasteiger partial charge in [0.25, 0.3) is 0 Å². The number of carbonyl (C=O) groups is 2. The number of thiophene rings is 1. The molecule has 0 bridgehead atoms. The number of nitrogens with zero attached hydrogens (tertiary/aromatic N) is 1. The number of aryl methyl sites for hydroxylation is 1. The molecule has 1 aliphatic carbocycles. The first-order valence-corrected chi connectivity index (χ1v) is 8.49. The monoisotopic (exact) mass is 342 g/mol. The molecule has 122 valence electrons. The summed E-state index contributed by atoms with van der Waals surface area (Å²) in [5.74, 6) is 1.25. The van der Waals surface area contributed by atoms with E-state index in [0.717, 1.165) is 35.7 Å². The minimum absolute atomic E-state index is 0. The van der Waals surface area contributed by atoms with Crippen molar-refractivity contribution in [2.75, 3.05) is 13.1 Å². The maximum absolute atomic E-state index is 12.3. The van der Waals surface area contributed by atoms with Gasteiger partial charge in [0.1, 0.15) is 0 Å². The van der Waals surface area contributed by atoms with E-state index >= 15 is 0 Å². The predicted octanol–water partition coefficient (Wildman–Crippen LogP) is 2.64. The van der Waals surface area contributed by atoms with Gasteiger partial charge in [0, 0.05) is 36.9 Å². The number of hydrogen-bond donors (Lipinski definition) is 1. The molecule has 3 rings (SSSR count). The van der Waals surface area contributed by atoms with Crippen molar-refractivity contribution >= 4 is 35.4 Å². The van der Waals surface area contributed by atoms with Crippen molar-refractivity contribution in [2.24, 2.45) is 17.6 Å². The van der Waals surface area contributed by atoms with Crippen LogP contribution in [-0.2, 0) is 4.79 Å². The SMILES string of the molecule is Cc1ccc(C(=O)CCC(=O)N2CC3CCC(N)C3C2)s1.Cl. The molecule has 4 nitrogen and oxygen atoms in total. The van der Waals surface area contributed by atoms with Gasteiger partial charge in [-0.1, -0.05) is 0 Å². The van der Waals surface area contributed by atoms with E-state index in [4.69, 9.17) is 5.73 Å². The summed E-state index contributed by atoms with van der Waals surface area (Å²) >= 11 is 1.50. The lowest BCUT2D eigenvalue weighted by atomic mass is 9.98. The minimum Gasteiger partial charge on any atom is -0.342 e. The molecule has 2 N–H and O–H groups in total. The second-order valence-electron chi connectivity index (χ2n) is 6.30. The van der Waals surface area contributed by atoms with Gasteiger partial charge in [0.2, 0.25) is 5.91 Å². The summed E-state index contributed by atoms with van der Waals surface area (Å²) in [5.41, 5.74) is 6.09. The largest absolute Gasteiger partial charge is 0.342 e. The van der Waals surface area contributed by atoms with E-state index in [1.165, 1.54) is 11.3 Å². The summed E-state index contributed by atoms with van der Waals surface area (Å²) in [6.45, 7) is 3.61. The van der Waals surface area contributed by atoms with Crippen molar-refractivity contribution in [1.29, 1.82) is 0 Å². The van der Waals surface area contributed by atoms with Crippen molar-refractivity contribution in [3.63, 3.8) is 0 Å². The molecule has 1 aliphatic heterocycles. The molecular weight excluding hydrogens is 320 g/mol. The van der Waals surface area contributed by atoms with Gasteiger partial charge in [-0.25, -0.2) is 0 Å². The van der Waals surface area contributed by atoms with Gasteiger partial charge < -0.3 is 10.6 Å². The average Bonchev–Trinajstić information content (AvgIpc) is 3.14. The van der Waals surface area contributed by atoms with Gasteiger partial charge in [-0.05, 0) is 43.7 Å². The fraction of sp³-hybridized carbons (Fsp3) is 0.625. The molecule has 3 atom stereocenters. The van der Waals surface area contributed by atoms with E-state index in [1.807, 2.05) is 24.0 Å². The molecule has 1 aromatic heterocycles. The molecular formula is C16H23ClN2O2S. The Morgan fingerprint density at radius 3 is 2.68 bits per heavy atom. The highest BCUT2D eigenvalue weighted by Gasteiger charge is 2.42. The Kier molecular flexibility index (Phi) is 5.64. The summed E-state index contributed by atoms with van der Waals surface area (Å²) in [6.07, 6.45) is 2.87. The number of likely N-dealkylation sites (tertiary alicyclic amines) is 1. The third kappa shape index (κ3) is 3.53. The number of hydrogen-bond acceptors (Lipinski definition) is 4. The average molecular weight is 343 g/mol. The van der Waals surface area contributed by atoms with Crippen LogP contribution in [0, 0.1) is 18.8 Å². The number of amides is 1. The Morgan fingerprint density at radius 1 is 1.27 bits per heavy atom. The van der Waals surface area contributed by atoms with E-state index < -0.39 is 0 Å². The van der Waals surface area contributed by atoms with Gasteiger partial charge in [0.15, 0.2) is 5.78 Å². The smallest absolute Gasteiger partial charge is 0.223 e. The minimum atomic E-state index is 0. The molecule has 3 unspecified atom stereocenters. The first-order valence-electron chi connectivity index (χ1n) is 7.67. The quantitative estimate of drug-likeness (QED) is 0.855. The summed E-state index contributed by atoms with van der Waals surface area (Å²) in [6, 6.07) is 4.05. The van der Waals surface area contributed by atoms with Crippen LogP contribution in [0.25, 0.3) is 0 Å². The number of halogens is 1. The van der Waals surface area contributed by atoms with Crippen molar-refractivity contribution in [3.8, 4) is 0 Å². The van der Waals surface area contributed by atoms with Crippen LogP contribution in [0.15, 0.2) is 12.1 Å². The fourth-order valence-corrected chi connectivity index (χ4v) is 4.43. The zero-order valence-corrected chi connectivity index (χ0v) is 14.4. The zero-order chi connectivity index (χ0) is 15.0. The van der Waals surface area contributed by atoms with E-state index in [2.05, 4.69) is 0 Å². The van der Waals surface area contributed by atoms with Crippen LogP contribution in [0.3, 0.4) is 0 Å². The van der Waals surface area contributed by atoms with Gasteiger partial charge in [0.05, 0.1) is 4.88 Å². The van der Waals surface area contributed by atoms with Crippen LogP contribution in [-0.4, -0.2) is 35.7 Å². The molecule has 0 aromatic carbocycles. The topological polar surface area (TPSA) is 63.4 Å². The molecule has 1 amide bonds. The van der Waals surface area contributed by atoms with Gasteiger partial charge in [-0.15, -0.1) is 23.7 Å². The zero-order valence-electron chi connectivity index (χ0n) is 12.8. The molecule has 0 radical (unpaired) electrons. The second kappa shape index (κ2) is 7.11. The van der Waals surface area contributed by atoms with E-state index in [-0.39, 0.29) is 30.1 Å². The van der Waals surface area contributed by atoms with Crippen molar-refractivity contribution < 1.29 is 9.59 Å². The Hall–Kier alpha value is -0.910. The molecule has 6 heteroatoms. The number of rotatable bonds is 4. The molecule has 2 heterocycles. The maximum Gasteiger partial charge on any atom is 0.223 e. The lowest BCUT2D eigenvalue weighted by Crippen LogP contribution is -2.33. The third-order valence-corrected chi connectivity index (χ3v) is 5.89. The summed E-state index contributed by atoms with van der Waals surface area (Å²) < 4.78 is 0. The first kappa shape index (κ1) is 17.4. The van der Waals surface area contributed by atoms with Gasteiger partial charge in [-0.3, -0.25) is 9.59 Å². The van der Waals surface area contributed by atoms with Crippen molar-refractivity contribution in [1.82, 2.24) is 4.90 Å². The number of ketones is 1.